The molecule has 0 unspecified atom stereocenters. The van der Waals surface area contributed by atoms with E-state index in [9.17, 15) is 4.79 Å². The summed E-state index contributed by atoms with van der Waals surface area (Å²) in [6.45, 7) is 4.35. The van der Waals surface area contributed by atoms with Crippen LogP contribution < -0.4 is 11.1 Å². The molecule has 0 aliphatic rings. The van der Waals surface area contributed by atoms with Crippen molar-refractivity contribution in [3.05, 3.63) is 12.3 Å². The van der Waals surface area contributed by atoms with Gasteiger partial charge in [-0.15, -0.1) is 0 Å². The predicted octanol–water partition coefficient (Wildman–Crippen LogP) is -0.400. The van der Waals surface area contributed by atoms with Gasteiger partial charge in [0.25, 0.3) is 0 Å². The van der Waals surface area contributed by atoms with Gasteiger partial charge in [0.15, 0.2) is 0 Å². The predicted molar refractivity (Wildman–Crippen MR) is 60.5 cm³/mol. The van der Waals surface area contributed by atoms with Gasteiger partial charge in [0.1, 0.15) is 12.4 Å². The molecule has 1 rings (SSSR count). The Kier molecular flexibility index (Phi) is 3.89. The molecule has 6 nitrogen and oxygen atoms in total. The fourth-order valence-electron chi connectivity index (χ4n) is 1.06. The molecule has 0 bridgehead atoms. The minimum atomic E-state index is -0.307. The zero-order valence-corrected chi connectivity index (χ0v) is 9.60. The van der Waals surface area contributed by atoms with E-state index in [0.717, 1.165) is 0 Å². The molecule has 0 aromatic carbocycles. The summed E-state index contributed by atoms with van der Waals surface area (Å²) in [5, 5.41) is 15.6. The van der Waals surface area contributed by atoms with Crippen LogP contribution in [0.25, 0.3) is 0 Å². The second-order valence-electron chi connectivity index (χ2n) is 4.54. The van der Waals surface area contributed by atoms with Crippen LogP contribution in [0.1, 0.15) is 13.8 Å². The summed E-state index contributed by atoms with van der Waals surface area (Å²) in [6.07, 6.45) is 1.64. The van der Waals surface area contributed by atoms with Crippen molar-refractivity contribution in [2.24, 2.45) is 5.41 Å². The van der Waals surface area contributed by atoms with E-state index in [0.29, 0.717) is 12.4 Å². The molecule has 0 atom stereocenters. The number of carbonyl (C=O) groups is 1. The fourth-order valence-corrected chi connectivity index (χ4v) is 1.06. The largest absolute Gasteiger partial charge is 0.396 e. The molecule has 16 heavy (non-hydrogen) atoms. The summed E-state index contributed by atoms with van der Waals surface area (Å²) in [7, 11) is 0. The molecule has 1 aromatic heterocycles. The average Bonchev–Trinajstić information content (AvgIpc) is 2.61. The van der Waals surface area contributed by atoms with Crippen molar-refractivity contribution in [1.82, 2.24) is 15.1 Å². The molecule has 0 saturated heterocycles. The Bertz CT molecular complexity index is 359. The number of nitrogens with zero attached hydrogens (tertiary/aromatic N) is 2. The minimum absolute atomic E-state index is 0.0298. The molecule has 1 heterocycles. The number of nitrogens with one attached hydrogen (secondary N) is 1. The third kappa shape index (κ3) is 3.90. The summed E-state index contributed by atoms with van der Waals surface area (Å²) in [5.41, 5.74) is 5.12. The van der Waals surface area contributed by atoms with E-state index in [4.69, 9.17) is 10.8 Å². The van der Waals surface area contributed by atoms with Gasteiger partial charge < -0.3 is 16.2 Å². The summed E-state index contributed by atoms with van der Waals surface area (Å²) in [6, 6.07) is 1.63. The quantitative estimate of drug-likeness (QED) is 0.637. The lowest BCUT2D eigenvalue weighted by atomic mass is 9.95. The van der Waals surface area contributed by atoms with Crippen molar-refractivity contribution in [2.75, 3.05) is 18.9 Å². The molecule has 0 fully saturated rings. The van der Waals surface area contributed by atoms with Crippen LogP contribution in [0.5, 0.6) is 0 Å². The van der Waals surface area contributed by atoms with Gasteiger partial charge in [0.05, 0.1) is 0 Å². The number of hydrogen-bond acceptors (Lipinski definition) is 4. The number of nitrogen functional groups attached to an aromatic ring is 1. The first-order valence-electron chi connectivity index (χ1n) is 5.09. The van der Waals surface area contributed by atoms with Crippen molar-refractivity contribution in [3.63, 3.8) is 0 Å². The van der Waals surface area contributed by atoms with E-state index >= 15 is 0 Å². The van der Waals surface area contributed by atoms with E-state index in [1.54, 1.807) is 12.3 Å². The molecule has 1 aromatic rings. The highest BCUT2D eigenvalue weighted by Crippen LogP contribution is 2.10. The van der Waals surface area contributed by atoms with Gasteiger partial charge in [0, 0.05) is 24.8 Å². The second kappa shape index (κ2) is 4.98. The van der Waals surface area contributed by atoms with E-state index in [2.05, 4.69) is 10.4 Å². The van der Waals surface area contributed by atoms with E-state index in [-0.39, 0.29) is 24.5 Å². The lowest BCUT2D eigenvalue weighted by molar-refractivity contribution is -0.122. The summed E-state index contributed by atoms with van der Waals surface area (Å²) in [5.74, 6) is 0.244. The van der Waals surface area contributed by atoms with Crippen molar-refractivity contribution in [2.45, 2.75) is 20.4 Å². The minimum Gasteiger partial charge on any atom is -0.396 e. The number of hydrogen-bond donors (Lipinski definition) is 3. The first-order chi connectivity index (χ1) is 7.43. The van der Waals surface area contributed by atoms with Crippen molar-refractivity contribution in [1.29, 1.82) is 0 Å². The van der Waals surface area contributed by atoms with E-state index in [1.165, 1.54) is 4.68 Å². The molecule has 0 radical (unpaired) electrons. The molecule has 0 saturated carbocycles. The lowest BCUT2D eigenvalue weighted by Crippen LogP contribution is -2.37. The van der Waals surface area contributed by atoms with Crippen LogP contribution in [0.4, 0.5) is 5.82 Å². The smallest absolute Gasteiger partial charge is 0.241 e. The van der Waals surface area contributed by atoms with E-state index in [1.807, 2.05) is 13.8 Å². The molecular formula is C10H18N4O2. The normalized spacial score (nSPS) is 11.4. The number of aliphatic hydroxyl groups excluding tert-OH is 1. The molecule has 0 spiro atoms. The zero-order valence-electron chi connectivity index (χ0n) is 9.60. The van der Waals surface area contributed by atoms with Crippen LogP contribution in [-0.2, 0) is 11.3 Å². The second-order valence-corrected chi connectivity index (χ2v) is 4.54. The van der Waals surface area contributed by atoms with Crippen LogP contribution in [0, 0.1) is 5.41 Å². The maximum Gasteiger partial charge on any atom is 0.241 e. The Morgan fingerprint density at radius 3 is 2.88 bits per heavy atom. The van der Waals surface area contributed by atoms with Crippen molar-refractivity contribution >= 4 is 11.7 Å². The van der Waals surface area contributed by atoms with Crippen LogP contribution in [0.3, 0.4) is 0 Å². The van der Waals surface area contributed by atoms with Gasteiger partial charge in [-0.25, -0.2) is 0 Å². The monoisotopic (exact) mass is 226 g/mol. The molecule has 6 heteroatoms. The van der Waals surface area contributed by atoms with Gasteiger partial charge in [-0.1, -0.05) is 13.8 Å². The van der Waals surface area contributed by atoms with Crippen LogP contribution in [-0.4, -0.2) is 33.9 Å². The van der Waals surface area contributed by atoms with Crippen LogP contribution in [0.15, 0.2) is 12.3 Å². The SMILES string of the molecule is CC(C)(CO)CNC(=O)Cn1ccc(N)n1. The number of anilines is 1. The standard InChI is InChI=1S/C10H18N4O2/c1-10(2,7-15)6-12-9(16)5-14-4-3-8(11)13-14/h3-4,15H,5-7H2,1-2H3,(H2,11,13)(H,12,16). The number of aromatic nitrogens is 2. The number of amides is 1. The molecule has 0 aliphatic carbocycles. The third-order valence-corrected chi connectivity index (χ3v) is 2.16. The van der Waals surface area contributed by atoms with Gasteiger partial charge in [0.2, 0.25) is 5.91 Å². The molecule has 0 aliphatic heterocycles. The Morgan fingerprint density at radius 2 is 2.38 bits per heavy atom. The Hall–Kier alpha value is -1.56. The number of carbonyl (C=O) groups excluding carboxylic acids is 1. The molecule has 4 N–H and O–H groups in total. The van der Waals surface area contributed by atoms with Crippen molar-refractivity contribution < 1.29 is 9.90 Å². The number of aliphatic hydroxyl groups is 1. The Morgan fingerprint density at radius 1 is 1.69 bits per heavy atom. The maximum absolute atomic E-state index is 11.5. The highest BCUT2D eigenvalue weighted by molar-refractivity contribution is 5.75. The van der Waals surface area contributed by atoms with Gasteiger partial charge >= 0.3 is 0 Å². The first kappa shape index (κ1) is 12.5. The van der Waals surface area contributed by atoms with E-state index < -0.39 is 0 Å². The first-order valence-corrected chi connectivity index (χ1v) is 5.09. The molecule has 1 amide bonds. The van der Waals surface area contributed by atoms with Crippen LogP contribution >= 0.6 is 0 Å². The maximum atomic E-state index is 11.5. The van der Waals surface area contributed by atoms with Gasteiger partial charge in [-0.3, -0.25) is 9.48 Å². The Balaban J connectivity index is 2.37. The summed E-state index contributed by atoms with van der Waals surface area (Å²) < 4.78 is 1.47. The molecule has 90 valence electrons. The fraction of sp³-hybridized carbons (Fsp3) is 0.600. The highest BCUT2D eigenvalue weighted by atomic mass is 16.3. The van der Waals surface area contributed by atoms with Gasteiger partial charge in [-0.05, 0) is 6.07 Å². The lowest BCUT2D eigenvalue weighted by Gasteiger charge is -2.21. The zero-order chi connectivity index (χ0) is 12.2. The van der Waals surface area contributed by atoms with Crippen molar-refractivity contribution in [3.8, 4) is 0 Å². The molecular weight excluding hydrogens is 208 g/mol. The topological polar surface area (TPSA) is 93.2 Å². The summed E-state index contributed by atoms with van der Waals surface area (Å²) in [4.78, 5) is 11.5. The Labute approximate surface area is 94.4 Å². The summed E-state index contributed by atoms with van der Waals surface area (Å²) >= 11 is 0. The number of nitrogens with two attached hydrogens (primary N) is 1. The third-order valence-electron chi connectivity index (χ3n) is 2.16. The number of rotatable bonds is 5. The average molecular weight is 226 g/mol. The van der Waals surface area contributed by atoms with Crippen LogP contribution in [0.2, 0.25) is 0 Å². The highest BCUT2D eigenvalue weighted by Gasteiger charge is 2.17. The van der Waals surface area contributed by atoms with Gasteiger partial charge in [-0.2, -0.15) is 5.10 Å².